The van der Waals surface area contributed by atoms with Crippen molar-refractivity contribution in [1.29, 1.82) is 0 Å². The van der Waals surface area contributed by atoms with Gasteiger partial charge in [0, 0.05) is 11.4 Å². The Morgan fingerprint density at radius 2 is 1.81 bits per heavy atom. The summed E-state index contributed by atoms with van der Waals surface area (Å²) in [6, 6.07) is 2.04. The Hall–Kier alpha value is -1.07. The average Bonchev–Trinajstić information content (AvgIpc) is 2.87. The zero-order valence-corrected chi connectivity index (χ0v) is 13.3. The third-order valence-corrected chi connectivity index (χ3v) is 4.91. The zero-order valence-electron chi connectivity index (χ0n) is 13.3. The summed E-state index contributed by atoms with van der Waals surface area (Å²) in [4.78, 5) is 3.30. The van der Waals surface area contributed by atoms with Gasteiger partial charge in [-0.3, -0.25) is 0 Å². The van der Waals surface area contributed by atoms with Crippen LogP contribution in [-0.4, -0.2) is 23.3 Å². The van der Waals surface area contributed by atoms with Gasteiger partial charge in [0.05, 0.1) is 11.2 Å². The molecule has 0 amide bonds. The second-order valence-corrected chi connectivity index (χ2v) is 7.05. The van der Waals surface area contributed by atoms with Gasteiger partial charge in [-0.25, -0.2) is 4.39 Å². The molecule has 3 nitrogen and oxygen atoms in total. The van der Waals surface area contributed by atoms with Crippen LogP contribution in [0.3, 0.4) is 0 Å². The van der Waals surface area contributed by atoms with Crippen LogP contribution in [0.1, 0.15) is 57.5 Å². The molecule has 1 N–H and O–H groups in total. The lowest BCUT2D eigenvalue weighted by atomic mass is 9.87. The fourth-order valence-electron chi connectivity index (χ4n) is 2.88. The molecule has 1 aliphatic heterocycles. The van der Waals surface area contributed by atoms with E-state index >= 15 is 0 Å². The second kappa shape index (κ2) is 4.99. The van der Waals surface area contributed by atoms with Crippen molar-refractivity contribution in [2.75, 3.05) is 0 Å². The summed E-state index contributed by atoms with van der Waals surface area (Å²) in [5, 5.41) is 0. The fraction of sp³-hybridized carbons (Fsp3) is 0.625. The number of hydrogen-bond acceptors (Lipinski definition) is 2. The summed E-state index contributed by atoms with van der Waals surface area (Å²) in [7, 11) is -0.921. The van der Waals surface area contributed by atoms with Crippen molar-refractivity contribution in [2.24, 2.45) is 0 Å². The number of hydrogen-bond donors (Lipinski definition) is 1. The van der Waals surface area contributed by atoms with E-state index in [1.54, 1.807) is 0 Å². The van der Waals surface area contributed by atoms with Crippen molar-refractivity contribution in [3.8, 4) is 0 Å². The fourth-order valence-corrected chi connectivity index (χ4v) is 2.88. The van der Waals surface area contributed by atoms with Crippen molar-refractivity contribution in [3.05, 3.63) is 28.7 Å². The molecule has 0 atom stereocenters. The molecule has 1 saturated heterocycles. The molecule has 1 aromatic heterocycles. The molecule has 0 aromatic carbocycles. The quantitative estimate of drug-likeness (QED) is 0.840. The highest BCUT2D eigenvalue weighted by molar-refractivity contribution is 6.54. The first-order valence-corrected chi connectivity index (χ1v) is 7.72. The SMILES string of the molecule is CC1(C)OB(C(F)=Cc2cc3c([nH]2)CCCC3)OC1(C)C. The lowest BCUT2D eigenvalue weighted by molar-refractivity contribution is 0.00578. The first-order chi connectivity index (χ1) is 9.78. The molecule has 0 spiro atoms. The third-order valence-electron chi connectivity index (χ3n) is 4.91. The summed E-state index contributed by atoms with van der Waals surface area (Å²) >= 11 is 0. The van der Waals surface area contributed by atoms with Crippen LogP contribution in [0.4, 0.5) is 4.39 Å². The van der Waals surface area contributed by atoms with E-state index < -0.39 is 18.3 Å². The zero-order chi connectivity index (χ0) is 15.3. The number of aromatic amines is 1. The first kappa shape index (κ1) is 14.9. The molecule has 21 heavy (non-hydrogen) atoms. The summed E-state index contributed by atoms with van der Waals surface area (Å²) in [5.41, 5.74) is 1.94. The minimum Gasteiger partial charge on any atom is -0.398 e. The molecule has 0 bridgehead atoms. The number of rotatable bonds is 2. The summed E-state index contributed by atoms with van der Waals surface area (Å²) < 4.78 is 25.9. The van der Waals surface area contributed by atoms with E-state index in [1.807, 2.05) is 33.8 Å². The first-order valence-electron chi connectivity index (χ1n) is 7.72. The van der Waals surface area contributed by atoms with Crippen LogP contribution in [0.25, 0.3) is 6.08 Å². The number of H-pyrrole nitrogens is 1. The molecule has 0 unspecified atom stereocenters. The molecule has 1 fully saturated rings. The number of nitrogens with one attached hydrogen (secondary N) is 1. The lowest BCUT2D eigenvalue weighted by Gasteiger charge is -2.32. The molecule has 1 aromatic rings. The van der Waals surface area contributed by atoms with E-state index in [0.29, 0.717) is 0 Å². The van der Waals surface area contributed by atoms with E-state index in [1.165, 1.54) is 30.2 Å². The smallest absolute Gasteiger partial charge is 0.398 e. The maximum absolute atomic E-state index is 14.4. The molecule has 2 aliphatic rings. The number of aryl methyl sites for hydroxylation is 2. The van der Waals surface area contributed by atoms with E-state index in [4.69, 9.17) is 9.31 Å². The highest BCUT2D eigenvalue weighted by Gasteiger charge is 2.53. The highest BCUT2D eigenvalue weighted by Crippen LogP contribution is 2.39. The highest BCUT2D eigenvalue weighted by atomic mass is 19.1. The van der Waals surface area contributed by atoms with E-state index in [0.717, 1.165) is 18.5 Å². The van der Waals surface area contributed by atoms with Crippen LogP contribution in [0.5, 0.6) is 0 Å². The average molecular weight is 291 g/mol. The van der Waals surface area contributed by atoms with Gasteiger partial charge in [0.2, 0.25) is 0 Å². The standard InChI is InChI=1S/C16H23BFNO2/c1-15(2)16(3,4)21-17(20-15)14(18)10-12-9-11-7-5-6-8-13(11)19-12/h9-10,19H,5-8H2,1-4H3. The molecule has 5 heteroatoms. The molecular formula is C16H23BFNO2. The van der Waals surface area contributed by atoms with Crippen molar-refractivity contribution in [3.63, 3.8) is 0 Å². The second-order valence-electron chi connectivity index (χ2n) is 7.05. The Balaban J connectivity index is 1.79. The molecule has 0 saturated carbocycles. The van der Waals surface area contributed by atoms with Crippen LogP contribution in [0.2, 0.25) is 0 Å². The van der Waals surface area contributed by atoms with Gasteiger partial charge in [-0.05, 0) is 71.1 Å². The van der Waals surface area contributed by atoms with Gasteiger partial charge in [0.25, 0.3) is 0 Å². The largest absolute Gasteiger partial charge is 0.525 e. The van der Waals surface area contributed by atoms with E-state index in [2.05, 4.69) is 4.98 Å². The molecule has 2 heterocycles. The lowest BCUT2D eigenvalue weighted by Crippen LogP contribution is -2.41. The topological polar surface area (TPSA) is 34.2 Å². The van der Waals surface area contributed by atoms with Crippen LogP contribution >= 0.6 is 0 Å². The Morgan fingerprint density at radius 3 is 2.43 bits per heavy atom. The Morgan fingerprint density at radius 1 is 1.19 bits per heavy atom. The Kier molecular flexibility index (Phi) is 3.53. The van der Waals surface area contributed by atoms with Gasteiger partial charge in [-0.1, -0.05) is 0 Å². The Labute approximate surface area is 126 Å². The summed E-state index contributed by atoms with van der Waals surface area (Å²) in [6.07, 6.45) is 6.06. The van der Waals surface area contributed by atoms with Gasteiger partial charge in [-0.15, -0.1) is 0 Å². The van der Waals surface area contributed by atoms with Gasteiger partial charge in [-0.2, -0.15) is 0 Å². The Bertz CT molecular complexity index is 537. The van der Waals surface area contributed by atoms with Gasteiger partial charge in [0.1, 0.15) is 5.73 Å². The van der Waals surface area contributed by atoms with Crippen molar-refractivity contribution in [1.82, 2.24) is 4.98 Å². The van der Waals surface area contributed by atoms with Crippen molar-refractivity contribution >= 4 is 13.2 Å². The van der Waals surface area contributed by atoms with Gasteiger partial charge in [0.15, 0.2) is 0 Å². The number of halogens is 1. The maximum Gasteiger partial charge on any atom is 0.525 e. The maximum atomic E-state index is 14.4. The van der Waals surface area contributed by atoms with Crippen LogP contribution in [0, 0.1) is 0 Å². The van der Waals surface area contributed by atoms with Crippen LogP contribution < -0.4 is 0 Å². The van der Waals surface area contributed by atoms with Crippen molar-refractivity contribution < 1.29 is 13.7 Å². The predicted octanol–water partition coefficient (Wildman–Crippen LogP) is 3.84. The van der Waals surface area contributed by atoms with E-state index in [-0.39, 0.29) is 5.73 Å². The minimum atomic E-state index is -0.921. The third kappa shape index (κ3) is 2.69. The molecule has 1 aliphatic carbocycles. The van der Waals surface area contributed by atoms with E-state index in [9.17, 15) is 4.39 Å². The molecule has 3 rings (SSSR count). The molecular weight excluding hydrogens is 268 g/mol. The van der Waals surface area contributed by atoms with Gasteiger partial charge < -0.3 is 14.3 Å². The minimum absolute atomic E-state index is 0.382. The summed E-state index contributed by atoms with van der Waals surface area (Å²) in [5.74, 6) is 0. The molecule has 0 radical (unpaired) electrons. The van der Waals surface area contributed by atoms with Crippen LogP contribution in [-0.2, 0) is 22.2 Å². The van der Waals surface area contributed by atoms with Crippen molar-refractivity contribution in [2.45, 2.75) is 64.6 Å². The monoisotopic (exact) mass is 291 g/mol. The summed E-state index contributed by atoms with van der Waals surface area (Å²) in [6.45, 7) is 7.70. The number of fused-ring (bicyclic) bond motifs is 1. The number of aromatic nitrogens is 1. The predicted molar refractivity (Wildman–Crippen MR) is 82.6 cm³/mol. The normalized spacial score (nSPS) is 24.2. The molecule has 114 valence electrons. The van der Waals surface area contributed by atoms with Crippen LogP contribution in [0.15, 0.2) is 11.8 Å². The van der Waals surface area contributed by atoms with Gasteiger partial charge >= 0.3 is 7.12 Å².